The minimum Gasteiger partial charge on any atom is -0.464 e. The molecule has 2 aromatic rings. The largest absolute Gasteiger partial charge is 0.464 e. The van der Waals surface area contributed by atoms with E-state index in [4.69, 9.17) is 4.42 Å². The van der Waals surface area contributed by atoms with Crippen LogP contribution in [0.4, 0.5) is 0 Å². The molecule has 0 aliphatic heterocycles. The highest BCUT2D eigenvalue weighted by Gasteiger charge is 2.00. The molecular formula is C14H10O4. The summed E-state index contributed by atoms with van der Waals surface area (Å²) in [5.74, 6) is 4.40. The molecule has 0 N–H and O–H groups in total. The molecule has 0 amide bonds. The normalized spacial score (nSPS) is 9.61. The zero-order valence-corrected chi connectivity index (χ0v) is 9.73. The van der Waals surface area contributed by atoms with E-state index in [9.17, 15) is 9.59 Å². The summed E-state index contributed by atoms with van der Waals surface area (Å²) in [4.78, 5) is 22.6. The van der Waals surface area contributed by atoms with Gasteiger partial charge in [-0.1, -0.05) is 5.92 Å². The van der Waals surface area contributed by atoms with Crippen molar-refractivity contribution in [1.82, 2.24) is 0 Å². The van der Waals surface area contributed by atoms with Crippen LogP contribution in [0.25, 0.3) is 11.0 Å². The second kappa shape index (κ2) is 5.19. The first kappa shape index (κ1) is 11.9. The summed E-state index contributed by atoms with van der Waals surface area (Å²) >= 11 is 0. The van der Waals surface area contributed by atoms with Crippen LogP contribution < -0.4 is 5.43 Å². The van der Waals surface area contributed by atoms with Crippen LogP contribution in [0, 0.1) is 11.8 Å². The van der Waals surface area contributed by atoms with Crippen molar-refractivity contribution >= 4 is 16.9 Å². The molecular weight excluding hydrogens is 232 g/mol. The number of rotatable bonds is 1. The fraction of sp³-hybridized carbons (Fsp3) is 0.143. The Labute approximate surface area is 103 Å². The van der Waals surface area contributed by atoms with Crippen molar-refractivity contribution in [1.29, 1.82) is 0 Å². The second-order valence-electron chi connectivity index (χ2n) is 3.47. The Balaban J connectivity index is 2.39. The van der Waals surface area contributed by atoms with Gasteiger partial charge in [0.05, 0.1) is 18.3 Å². The van der Waals surface area contributed by atoms with Gasteiger partial charge in [-0.15, -0.1) is 0 Å². The average Bonchev–Trinajstić information content (AvgIpc) is 2.37. The molecule has 0 spiro atoms. The van der Waals surface area contributed by atoms with Gasteiger partial charge < -0.3 is 9.15 Å². The van der Waals surface area contributed by atoms with Crippen molar-refractivity contribution in [3.05, 3.63) is 46.3 Å². The van der Waals surface area contributed by atoms with Crippen molar-refractivity contribution in [2.45, 2.75) is 6.92 Å². The van der Waals surface area contributed by atoms with E-state index in [1.54, 1.807) is 25.1 Å². The highest BCUT2D eigenvalue weighted by atomic mass is 16.5. The molecule has 0 aliphatic carbocycles. The molecule has 0 saturated carbocycles. The van der Waals surface area contributed by atoms with E-state index in [1.165, 1.54) is 12.3 Å². The van der Waals surface area contributed by atoms with Gasteiger partial charge >= 0.3 is 5.97 Å². The Morgan fingerprint density at radius 2 is 2.22 bits per heavy atom. The first-order chi connectivity index (χ1) is 8.70. The first-order valence-corrected chi connectivity index (χ1v) is 5.41. The van der Waals surface area contributed by atoms with Crippen LogP contribution in [0.15, 0.2) is 39.7 Å². The van der Waals surface area contributed by atoms with Gasteiger partial charge in [-0.25, -0.2) is 4.79 Å². The number of carbonyl (C=O) groups excluding carboxylic acids is 1. The summed E-state index contributed by atoms with van der Waals surface area (Å²) in [6.07, 6.45) is 1.34. The van der Waals surface area contributed by atoms with Gasteiger partial charge in [-0.2, -0.15) is 0 Å². The highest BCUT2D eigenvalue weighted by molar-refractivity contribution is 5.89. The Hall–Kier alpha value is -2.54. The topological polar surface area (TPSA) is 56.5 Å². The summed E-state index contributed by atoms with van der Waals surface area (Å²) in [6, 6.07) is 6.25. The SMILES string of the molecule is CCOC(=O)C#Cc1ccc2occc(=O)c2c1. The number of esters is 1. The summed E-state index contributed by atoms with van der Waals surface area (Å²) < 4.78 is 9.85. The number of carbonyl (C=O) groups is 1. The zero-order valence-electron chi connectivity index (χ0n) is 9.73. The third-order valence-electron chi connectivity index (χ3n) is 2.24. The molecule has 0 fully saturated rings. The van der Waals surface area contributed by atoms with Crippen LogP contribution in [0.2, 0.25) is 0 Å². The maximum Gasteiger partial charge on any atom is 0.384 e. The molecule has 1 heterocycles. The van der Waals surface area contributed by atoms with Crippen LogP contribution >= 0.6 is 0 Å². The summed E-state index contributed by atoms with van der Waals surface area (Å²) in [5.41, 5.74) is 0.911. The lowest BCUT2D eigenvalue weighted by Gasteiger charge is -1.96. The van der Waals surface area contributed by atoms with Gasteiger partial charge in [-0.05, 0) is 25.1 Å². The third kappa shape index (κ3) is 2.58. The minimum absolute atomic E-state index is 0.143. The van der Waals surface area contributed by atoms with Gasteiger partial charge in [0, 0.05) is 17.6 Å². The van der Waals surface area contributed by atoms with Gasteiger partial charge in [-0.3, -0.25) is 4.79 Å². The number of hydrogen-bond donors (Lipinski definition) is 0. The van der Waals surface area contributed by atoms with E-state index in [2.05, 4.69) is 16.6 Å². The van der Waals surface area contributed by atoms with E-state index in [-0.39, 0.29) is 12.0 Å². The standard InChI is InChI=1S/C14H10O4/c1-2-17-14(16)6-4-10-3-5-13-11(9-10)12(15)7-8-18-13/h3,5,7-9H,2H2,1H3. The van der Waals surface area contributed by atoms with Crippen LogP contribution in [0.5, 0.6) is 0 Å². The molecule has 90 valence electrons. The Bertz CT molecular complexity index is 701. The molecule has 4 nitrogen and oxygen atoms in total. The number of hydrogen-bond acceptors (Lipinski definition) is 4. The zero-order chi connectivity index (χ0) is 13.0. The smallest absolute Gasteiger partial charge is 0.384 e. The second-order valence-corrected chi connectivity index (χ2v) is 3.47. The monoisotopic (exact) mass is 242 g/mol. The van der Waals surface area contributed by atoms with E-state index < -0.39 is 5.97 Å². The van der Waals surface area contributed by atoms with Crippen molar-refractivity contribution < 1.29 is 13.9 Å². The first-order valence-electron chi connectivity index (χ1n) is 5.41. The van der Waals surface area contributed by atoms with Crippen LogP contribution in [0.1, 0.15) is 12.5 Å². The van der Waals surface area contributed by atoms with E-state index >= 15 is 0 Å². The third-order valence-corrected chi connectivity index (χ3v) is 2.24. The predicted molar refractivity (Wildman–Crippen MR) is 66.0 cm³/mol. The lowest BCUT2D eigenvalue weighted by Crippen LogP contribution is -2.00. The van der Waals surface area contributed by atoms with E-state index in [1.807, 2.05) is 0 Å². The minimum atomic E-state index is -0.585. The number of benzene rings is 1. The molecule has 0 unspecified atom stereocenters. The molecule has 1 aromatic heterocycles. The Kier molecular flexibility index (Phi) is 3.44. The van der Waals surface area contributed by atoms with Gasteiger partial charge in [0.2, 0.25) is 0 Å². The van der Waals surface area contributed by atoms with Crippen molar-refractivity contribution in [3.63, 3.8) is 0 Å². The number of fused-ring (bicyclic) bond motifs is 1. The molecule has 4 heteroatoms. The lowest BCUT2D eigenvalue weighted by molar-refractivity contribution is -0.136. The van der Waals surface area contributed by atoms with Gasteiger partial charge in [0.1, 0.15) is 5.58 Å². The maximum absolute atomic E-state index is 11.6. The number of ether oxygens (including phenoxy) is 1. The summed E-state index contributed by atoms with van der Waals surface area (Å²) in [5, 5.41) is 0.438. The molecule has 0 aliphatic rings. The Morgan fingerprint density at radius 1 is 1.39 bits per heavy atom. The van der Waals surface area contributed by atoms with Crippen molar-refractivity contribution in [2.24, 2.45) is 0 Å². The maximum atomic E-state index is 11.6. The molecule has 0 atom stereocenters. The van der Waals surface area contributed by atoms with E-state index in [0.29, 0.717) is 16.5 Å². The molecule has 18 heavy (non-hydrogen) atoms. The van der Waals surface area contributed by atoms with Crippen LogP contribution in [0.3, 0.4) is 0 Å². The van der Waals surface area contributed by atoms with Gasteiger partial charge in [0.25, 0.3) is 0 Å². The molecule has 1 aromatic carbocycles. The van der Waals surface area contributed by atoms with Crippen LogP contribution in [-0.4, -0.2) is 12.6 Å². The quantitative estimate of drug-likeness (QED) is 0.564. The highest BCUT2D eigenvalue weighted by Crippen LogP contribution is 2.11. The fourth-order valence-electron chi connectivity index (χ4n) is 1.45. The van der Waals surface area contributed by atoms with Crippen molar-refractivity contribution in [2.75, 3.05) is 6.61 Å². The molecule has 0 saturated heterocycles. The van der Waals surface area contributed by atoms with Crippen LogP contribution in [-0.2, 0) is 9.53 Å². The fourth-order valence-corrected chi connectivity index (χ4v) is 1.45. The summed E-state index contributed by atoms with van der Waals surface area (Å²) in [6.45, 7) is 2.00. The predicted octanol–water partition coefficient (Wildman–Crippen LogP) is 1.71. The van der Waals surface area contributed by atoms with E-state index in [0.717, 1.165) is 0 Å². The van der Waals surface area contributed by atoms with Gasteiger partial charge in [0.15, 0.2) is 5.43 Å². The summed E-state index contributed by atoms with van der Waals surface area (Å²) in [7, 11) is 0. The lowest BCUT2D eigenvalue weighted by atomic mass is 10.1. The Morgan fingerprint density at radius 3 is 3.00 bits per heavy atom. The molecule has 2 rings (SSSR count). The van der Waals surface area contributed by atoms with Crippen molar-refractivity contribution in [3.8, 4) is 11.8 Å². The molecule has 0 radical (unpaired) electrons. The average molecular weight is 242 g/mol. The molecule has 0 bridgehead atoms.